The summed E-state index contributed by atoms with van der Waals surface area (Å²) in [7, 11) is 1.74. The highest BCUT2D eigenvalue weighted by Gasteiger charge is 2.24. The second kappa shape index (κ2) is 5.93. The maximum atomic E-state index is 12.8. The molecule has 0 aromatic heterocycles. The van der Waals surface area contributed by atoms with Crippen LogP contribution in [0.2, 0.25) is 0 Å². The molecule has 0 aliphatic carbocycles. The summed E-state index contributed by atoms with van der Waals surface area (Å²) in [4.78, 5) is 13.7. The first-order chi connectivity index (χ1) is 8.66. The zero-order valence-electron chi connectivity index (χ0n) is 10.4. The second-order valence-electron chi connectivity index (χ2n) is 4.40. The molecular weight excluding hydrogens is 235 g/mol. The number of hydrogen-bond acceptors (Lipinski definition) is 3. The van der Waals surface area contributed by atoms with Crippen LogP contribution in [0, 0.1) is 5.82 Å². The van der Waals surface area contributed by atoms with Gasteiger partial charge >= 0.3 is 0 Å². The van der Waals surface area contributed by atoms with E-state index in [2.05, 4.69) is 5.32 Å². The Bertz CT molecular complexity index is 402. The first kappa shape index (κ1) is 13.0. The molecule has 0 bridgehead atoms. The number of hydrogen-bond donors (Lipinski definition) is 1. The summed E-state index contributed by atoms with van der Waals surface area (Å²) in [6.07, 6.45) is 0. The zero-order chi connectivity index (χ0) is 13.0. The van der Waals surface area contributed by atoms with E-state index in [1.54, 1.807) is 24.1 Å². The third-order valence-electron chi connectivity index (χ3n) is 2.93. The van der Waals surface area contributed by atoms with Crippen molar-refractivity contribution >= 4 is 5.91 Å². The summed E-state index contributed by atoms with van der Waals surface area (Å²) in [5.41, 5.74) is 0.906. The van der Waals surface area contributed by atoms with Gasteiger partial charge in [-0.1, -0.05) is 12.1 Å². The van der Waals surface area contributed by atoms with Crippen LogP contribution >= 0.6 is 0 Å². The lowest BCUT2D eigenvalue weighted by Crippen LogP contribution is -2.51. The molecule has 1 heterocycles. The molecule has 5 heteroatoms. The van der Waals surface area contributed by atoms with Gasteiger partial charge < -0.3 is 15.0 Å². The summed E-state index contributed by atoms with van der Waals surface area (Å²) in [6.45, 7) is 2.22. The largest absolute Gasteiger partial charge is 0.378 e. The van der Waals surface area contributed by atoms with Gasteiger partial charge in [0.1, 0.15) is 11.9 Å². The van der Waals surface area contributed by atoms with E-state index >= 15 is 0 Å². The van der Waals surface area contributed by atoms with E-state index in [-0.39, 0.29) is 17.8 Å². The third kappa shape index (κ3) is 3.27. The van der Waals surface area contributed by atoms with E-state index in [0.717, 1.165) is 5.56 Å². The van der Waals surface area contributed by atoms with Gasteiger partial charge in [0.15, 0.2) is 0 Å². The van der Waals surface area contributed by atoms with Crippen molar-refractivity contribution in [2.24, 2.45) is 0 Å². The molecule has 98 valence electrons. The molecule has 18 heavy (non-hydrogen) atoms. The molecule has 0 radical (unpaired) electrons. The third-order valence-corrected chi connectivity index (χ3v) is 2.93. The topological polar surface area (TPSA) is 41.6 Å². The Balaban J connectivity index is 1.92. The molecule has 0 spiro atoms. The van der Waals surface area contributed by atoms with Gasteiger partial charge in [0.2, 0.25) is 5.91 Å². The Morgan fingerprint density at radius 3 is 2.83 bits per heavy atom. The monoisotopic (exact) mass is 252 g/mol. The molecule has 1 atom stereocenters. The number of amides is 1. The predicted octanol–water partition coefficient (Wildman–Crippen LogP) is 0.772. The number of ether oxygens (including phenoxy) is 1. The Morgan fingerprint density at radius 1 is 1.50 bits per heavy atom. The lowest BCUT2D eigenvalue weighted by molar-refractivity contribution is -0.135. The Labute approximate surface area is 106 Å². The molecule has 1 aliphatic heterocycles. The minimum Gasteiger partial charge on any atom is -0.378 e. The fourth-order valence-corrected chi connectivity index (χ4v) is 1.93. The van der Waals surface area contributed by atoms with Gasteiger partial charge in [0.25, 0.3) is 0 Å². The van der Waals surface area contributed by atoms with Crippen LogP contribution in [-0.4, -0.2) is 43.7 Å². The summed E-state index contributed by atoms with van der Waals surface area (Å²) in [5.74, 6) is -0.269. The van der Waals surface area contributed by atoms with Gasteiger partial charge in [0.05, 0.1) is 13.2 Å². The summed E-state index contributed by atoms with van der Waals surface area (Å²) < 4.78 is 18.0. The van der Waals surface area contributed by atoms with Gasteiger partial charge in [-0.25, -0.2) is 4.39 Å². The van der Waals surface area contributed by atoms with Crippen LogP contribution in [0.15, 0.2) is 24.3 Å². The Kier molecular flexibility index (Phi) is 4.28. The van der Waals surface area contributed by atoms with Crippen LogP contribution in [0.1, 0.15) is 5.56 Å². The number of carbonyl (C=O) groups is 1. The van der Waals surface area contributed by atoms with Crippen LogP contribution in [0.25, 0.3) is 0 Å². The molecule has 1 N–H and O–H groups in total. The first-order valence-corrected chi connectivity index (χ1v) is 5.97. The number of nitrogens with one attached hydrogen (secondary N) is 1. The molecule has 1 fully saturated rings. The first-order valence-electron chi connectivity index (χ1n) is 5.97. The van der Waals surface area contributed by atoms with Crippen LogP contribution in [-0.2, 0) is 16.1 Å². The lowest BCUT2D eigenvalue weighted by Gasteiger charge is -2.27. The van der Waals surface area contributed by atoms with Crippen molar-refractivity contribution in [2.45, 2.75) is 12.6 Å². The quantitative estimate of drug-likeness (QED) is 0.864. The number of nitrogens with zero attached hydrogens (tertiary/aromatic N) is 1. The van der Waals surface area contributed by atoms with E-state index in [0.29, 0.717) is 26.3 Å². The van der Waals surface area contributed by atoms with Crippen molar-refractivity contribution in [1.29, 1.82) is 0 Å². The molecule has 1 saturated heterocycles. The average Bonchev–Trinajstić information content (AvgIpc) is 2.41. The van der Waals surface area contributed by atoms with Crippen molar-refractivity contribution < 1.29 is 13.9 Å². The molecule has 1 aliphatic rings. The fourth-order valence-electron chi connectivity index (χ4n) is 1.93. The van der Waals surface area contributed by atoms with E-state index in [1.165, 1.54) is 12.1 Å². The second-order valence-corrected chi connectivity index (χ2v) is 4.40. The van der Waals surface area contributed by atoms with Crippen LogP contribution < -0.4 is 5.32 Å². The van der Waals surface area contributed by atoms with Gasteiger partial charge in [-0.05, 0) is 17.7 Å². The summed E-state index contributed by atoms with van der Waals surface area (Å²) in [5, 5.41) is 3.12. The van der Waals surface area contributed by atoms with Crippen LogP contribution in [0.4, 0.5) is 4.39 Å². The van der Waals surface area contributed by atoms with Gasteiger partial charge in [-0.3, -0.25) is 4.79 Å². The molecule has 1 unspecified atom stereocenters. The minimum atomic E-state index is -0.274. The van der Waals surface area contributed by atoms with Crippen molar-refractivity contribution in [3.8, 4) is 0 Å². The normalized spacial score (nSPS) is 19.6. The highest BCUT2D eigenvalue weighted by molar-refractivity contribution is 5.81. The number of halogens is 1. The SMILES string of the molecule is CN(Cc1ccc(F)cc1)C(=O)C1COCCN1. The molecule has 2 rings (SSSR count). The molecule has 4 nitrogen and oxygen atoms in total. The summed E-state index contributed by atoms with van der Waals surface area (Å²) >= 11 is 0. The van der Waals surface area contributed by atoms with Crippen LogP contribution in [0.3, 0.4) is 0 Å². The average molecular weight is 252 g/mol. The molecule has 0 saturated carbocycles. The maximum absolute atomic E-state index is 12.8. The van der Waals surface area contributed by atoms with E-state index in [9.17, 15) is 9.18 Å². The van der Waals surface area contributed by atoms with E-state index in [4.69, 9.17) is 4.74 Å². The highest BCUT2D eigenvalue weighted by atomic mass is 19.1. The predicted molar refractivity (Wildman–Crippen MR) is 65.5 cm³/mol. The minimum absolute atomic E-state index is 0.000903. The lowest BCUT2D eigenvalue weighted by atomic mass is 10.2. The van der Waals surface area contributed by atoms with Gasteiger partial charge in [0, 0.05) is 20.1 Å². The Morgan fingerprint density at radius 2 is 2.22 bits per heavy atom. The fraction of sp³-hybridized carbons (Fsp3) is 0.462. The molecule has 1 amide bonds. The van der Waals surface area contributed by atoms with Crippen molar-refractivity contribution in [2.75, 3.05) is 26.8 Å². The smallest absolute Gasteiger partial charge is 0.242 e. The van der Waals surface area contributed by atoms with Crippen LogP contribution in [0.5, 0.6) is 0 Å². The number of rotatable bonds is 3. The zero-order valence-corrected chi connectivity index (χ0v) is 10.4. The van der Waals surface area contributed by atoms with E-state index in [1.807, 2.05) is 0 Å². The van der Waals surface area contributed by atoms with Gasteiger partial charge in [-0.2, -0.15) is 0 Å². The number of benzene rings is 1. The van der Waals surface area contributed by atoms with Gasteiger partial charge in [-0.15, -0.1) is 0 Å². The number of carbonyl (C=O) groups excluding carboxylic acids is 1. The molecule has 1 aromatic rings. The number of morpholine rings is 1. The summed E-state index contributed by atoms with van der Waals surface area (Å²) in [6, 6.07) is 5.89. The Hall–Kier alpha value is -1.46. The standard InChI is InChI=1S/C13H17FN2O2/c1-16(8-10-2-4-11(14)5-3-10)13(17)12-9-18-7-6-15-12/h2-5,12,15H,6-9H2,1H3. The highest BCUT2D eigenvalue weighted by Crippen LogP contribution is 2.07. The van der Waals surface area contributed by atoms with Crippen molar-refractivity contribution in [3.05, 3.63) is 35.6 Å². The number of likely N-dealkylation sites (N-methyl/N-ethyl adjacent to an activating group) is 1. The van der Waals surface area contributed by atoms with Crippen molar-refractivity contribution in [1.82, 2.24) is 10.2 Å². The van der Waals surface area contributed by atoms with E-state index < -0.39 is 0 Å². The maximum Gasteiger partial charge on any atom is 0.242 e. The van der Waals surface area contributed by atoms with Crippen molar-refractivity contribution in [3.63, 3.8) is 0 Å². The molecular formula is C13H17FN2O2. The molecule has 1 aromatic carbocycles.